The fourth-order valence-corrected chi connectivity index (χ4v) is 6.31. The van der Waals surface area contributed by atoms with Crippen molar-refractivity contribution in [2.75, 3.05) is 38.3 Å². The summed E-state index contributed by atoms with van der Waals surface area (Å²) in [5.74, 6) is 1.02. The number of hydrogen-bond donors (Lipinski definition) is 1. The third-order valence-corrected chi connectivity index (χ3v) is 9.02. The first kappa shape index (κ1) is 31.5. The molecule has 6 aromatic rings. The molecule has 254 valence electrons. The number of carbonyl (C=O) groups excluding carboxylic acids is 2. The van der Waals surface area contributed by atoms with E-state index in [0.717, 1.165) is 11.1 Å². The number of aromatic nitrogens is 3. The number of anilines is 1. The third-order valence-electron chi connectivity index (χ3n) is 9.02. The number of amides is 2. The van der Waals surface area contributed by atoms with Gasteiger partial charge in [0.25, 0.3) is 17.5 Å². The lowest BCUT2D eigenvalue weighted by atomic mass is 10.1. The smallest absolute Gasteiger partial charge is 0.272 e. The average molecular weight is 682 g/mol. The lowest BCUT2D eigenvalue weighted by Gasteiger charge is -2.35. The quantitative estimate of drug-likeness (QED) is 0.153. The van der Waals surface area contributed by atoms with E-state index in [1.54, 1.807) is 38.6 Å². The van der Waals surface area contributed by atoms with Gasteiger partial charge in [-0.3, -0.25) is 19.7 Å². The van der Waals surface area contributed by atoms with Crippen LogP contribution < -0.4 is 14.8 Å². The van der Waals surface area contributed by atoms with Crippen LogP contribution in [-0.2, 0) is 6.54 Å². The number of rotatable bonds is 8. The van der Waals surface area contributed by atoms with E-state index >= 15 is 0 Å². The Morgan fingerprint density at radius 3 is 2.24 bits per heavy atom. The van der Waals surface area contributed by atoms with Crippen molar-refractivity contribution in [3.05, 3.63) is 136 Å². The van der Waals surface area contributed by atoms with Crippen LogP contribution in [0.1, 0.15) is 26.4 Å². The van der Waals surface area contributed by atoms with Crippen molar-refractivity contribution in [1.82, 2.24) is 24.4 Å². The first-order chi connectivity index (χ1) is 24.9. The topological polar surface area (TPSA) is 144 Å². The second kappa shape index (κ2) is 13.3. The van der Waals surface area contributed by atoms with E-state index in [9.17, 15) is 19.7 Å². The van der Waals surface area contributed by atoms with E-state index in [0.29, 0.717) is 78.1 Å². The van der Waals surface area contributed by atoms with Gasteiger partial charge >= 0.3 is 0 Å². The molecular formula is C38H31N7O6. The number of para-hydroxylation sites is 1. The molecule has 1 fully saturated rings. The largest absolute Gasteiger partial charge is 0.454 e. The highest BCUT2D eigenvalue weighted by molar-refractivity contribution is 6.00. The number of benzene rings is 4. The van der Waals surface area contributed by atoms with Gasteiger partial charge in [0.1, 0.15) is 5.69 Å². The summed E-state index contributed by atoms with van der Waals surface area (Å²) in [6.45, 7) is 2.05. The summed E-state index contributed by atoms with van der Waals surface area (Å²) in [4.78, 5) is 46.7. The minimum Gasteiger partial charge on any atom is -0.454 e. The zero-order valence-corrected chi connectivity index (χ0v) is 27.3. The fraction of sp³-hybridized carbons (Fsp3) is 0.158. The molecule has 13 nitrogen and oxygen atoms in total. The predicted molar refractivity (Wildman–Crippen MR) is 189 cm³/mol. The van der Waals surface area contributed by atoms with Gasteiger partial charge in [0.05, 0.1) is 21.9 Å². The van der Waals surface area contributed by atoms with Gasteiger partial charge in [-0.25, -0.2) is 9.50 Å². The van der Waals surface area contributed by atoms with E-state index in [4.69, 9.17) is 19.6 Å². The van der Waals surface area contributed by atoms with Gasteiger partial charge in [0.2, 0.25) is 6.79 Å². The van der Waals surface area contributed by atoms with Gasteiger partial charge in [-0.2, -0.15) is 5.10 Å². The van der Waals surface area contributed by atoms with Gasteiger partial charge < -0.3 is 24.6 Å². The Bertz CT molecular complexity index is 2280. The van der Waals surface area contributed by atoms with Gasteiger partial charge in [-0.15, -0.1) is 0 Å². The molecule has 8 rings (SSSR count). The fourth-order valence-electron chi connectivity index (χ4n) is 6.31. The Labute approximate surface area is 291 Å². The Morgan fingerprint density at radius 2 is 1.47 bits per heavy atom. The zero-order chi connectivity index (χ0) is 34.9. The number of fused-ring (bicyclic) bond motifs is 2. The number of ether oxygens (including phenoxy) is 2. The van der Waals surface area contributed by atoms with E-state index in [-0.39, 0.29) is 30.0 Å². The number of nitrogens with zero attached hydrogens (tertiary/aromatic N) is 6. The van der Waals surface area contributed by atoms with Crippen LogP contribution in [0.5, 0.6) is 11.5 Å². The van der Waals surface area contributed by atoms with Crippen molar-refractivity contribution in [2.24, 2.45) is 0 Å². The molecule has 0 aliphatic carbocycles. The number of nitro benzene ring substituents is 1. The Hall–Kier alpha value is -6.76. The highest BCUT2D eigenvalue weighted by atomic mass is 16.7. The maximum atomic E-state index is 14.0. The molecule has 2 aliphatic rings. The number of piperazine rings is 1. The third kappa shape index (κ3) is 6.28. The molecule has 0 saturated carbocycles. The lowest BCUT2D eigenvalue weighted by Crippen LogP contribution is -2.50. The van der Waals surface area contributed by atoms with Crippen molar-refractivity contribution < 1.29 is 24.0 Å². The van der Waals surface area contributed by atoms with Crippen LogP contribution in [0, 0.1) is 10.1 Å². The molecule has 1 saturated heterocycles. The van der Waals surface area contributed by atoms with Gasteiger partial charge in [-0.1, -0.05) is 48.5 Å². The van der Waals surface area contributed by atoms with E-state index < -0.39 is 4.92 Å². The van der Waals surface area contributed by atoms with E-state index in [2.05, 4.69) is 5.32 Å². The number of non-ortho nitro benzene ring substituents is 1. The van der Waals surface area contributed by atoms with E-state index in [1.807, 2.05) is 72.8 Å². The molecule has 0 atom stereocenters. The standard InChI is InChI=1S/C38H31N7O6/c46-37(29-8-4-5-9-30(29)39-23-25-10-15-34-35(20-25)51-24-50-34)42-16-18-43(19-17-42)38(47)32-21-33(27-11-13-28(14-12-27)45(48)49)44-36(40-32)22-31(41-44)26-6-2-1-3-7-26/h1-15,20-22,39H,16-19,23-24H2. The van der Waals surface area contributed by atoms with Crippen LogP contribution in [0.2, 0.25) is 0 Å². The van der Waals surface area contributed by atoms with Crippen LogP contribution in [-0.4, -0.2) is 74.1 Å². The summed E-state index contributed by atoms with van der Waals surface area (Å²) in [5.41, 5.74) is 5.67. The van der Waals surface area contributed by atoms with Crippen molar-refractivity contribution in [1.29, 1.82) is 0 Å². The molecular weight excluding hydrogens is 650 g/mol. The summed E-state index contributed by atoms with van der Waals surface area (Å²) < 4.78 is 12.5. The molecule has 2 aromatic heterocycles. The highest BCUT2D eigenvalue weighted by Crippen LogP contribution is 2.33. The van der Waals surface area contributed by atoms with E-state index in [1.165, 1.54) is 12.1 Å². The Morgan fingerprint density at radius 1 is 0.765 bits per heavy atom. The maximum Gasteiger partial charge on any atom is 0.272 e. The van der Waals surface area contributed by atoms with Crippen LogP contribution >= 0.6 is 0 Å². The molecule has 2 amide bonds. The molecule has 2 aliphatic heterocycles. The molecule has 1 N–H and O–H groups in total. The Balaban J connectivity index is 0.999. The number of hydrogen-bond acceptors (Lipinski definition) is 9. The summed E-state index contributed by atoms with van der Waals surface area (Å²) in [6, 6.07) is 32.4. The SMILES string of the molecule is O=C(c1cc(-c2ccc([N+](=O)[O-])cc2)n2nc(-c3ccccc3)cc2n1)N1CCN(C(=O)c2ccccc2NCc2ccc3c(c2)OCO3)CC1. The summed E-state index contributed by atoms with van der Waals surface area (Å²) in [7, 11) is 0. The second-order valence-corrected chi connectivity index (χ2v) is 12.2. The first-order valence-corrected chi connectivity index (χ1v) is 16.4. The van der Waals surface area contributed by atoms with Crippen molar-refractivity contribution in [3.63, 3.8) is 0 Å². The van der Waals surface area contributed by atoms with Crippen LogP contribution in [0.15, 0.2) is 109 Å². The monoisotopic (exact) mass is 681 g/mol. The van der Waals surface area contributed by atoms with Crippen molar-refractivity contribution in [2.45, 2.75) is 6.54 Å². The van der Waals surface area contributed by atoms with Gasteiger partial charge in [0, 0.05) is 67.7 Å². The Kier molecular flexibility index (Phi) is 8.20. The maximum absolute atomic E-state index is 14.0. The van der Waals surface area contributed by atoms with Crippen LogP contribution in [0.3, 0.4) is 0 Å². The van der Waals surface area contributed by atoms with Crippen molar-refractivity contribution in [3.8, 4) is 34.0 Å². The number of carbonyl (C=O) groups is 2. The van der Waals surface area contributed by atoms with Crippen molar-refractivity contribution >= 4 is 28.8 Å². The minimum atomic E-state index is -0.455. The molecule has 51 heavy (non-hydrogen) atoms. The minimum absolute atomic E-state index is 0.0404. The van der Waals surface area contributed by atoms with Crippen LogP contribution in [0.4, 0.5) is 11.4 Å². The molecule has 0 unspecified atom stereocenters. The number of nitro groups is 1. The summed E-state index contributed by atoms with van der Waals surface area (Å²) >= 11 is 0. The normalized spacial score (nSPS) is 13.7. The second-order valence-electron chi connectivity index (χ2n) is 12.2. The first-order valence-electron chi connectivity index (χ1n) is 16.4. The predicted octanol–water partition coefficient (Wildman–Crippen LogP) is 5.91. The van der Waals surface area contributed by atoms with Gasteiger partial charge in [-0.05, 0) is 48.0 Å². The summed E-state index contributed by atoms with van der Waals surface area (Å²) in [6.07, 6.45) is 0. The van der Waals surface area contributed by atoms with Gasteiger partial charge in [0.15, 0.2) is 17.1 Å². The lowest BCUT2D eigenvalue weighted by molar-refractivity contribution is -0.384. The molecule has 0 bridgehead atoms. The summed E-state index contributed by atoms with van der Waals surface area (Å²) in [5, 5.41) is 19.5. The molecule has 0 spiro atoms. The highest BCUT2D eigenvalue weighted by Gasteiger charge is 2.28. The van der Waals surface area contributed by atoms with Crippen LogP contribution in [0.25, 0.3) is 28.2 Å². The molecule has 4 heterocycles. The zero-order valence-electron chi connectivity index (χ0n) is 27.3. The molecule has 4 aromatic carbocycles. The number of nitrogens with one attached hydrogen (secondary N) is 1. The average Bonchev–Trinajstić information content (AvgIpc) is 3.84. The molecule has 0 radical (unpaired) electrons. The molecule has 13 heteroatoms.